The third-order valence-electron chi connectivity index (χ3n) is 5.51. The number of hydrogen-bond donors (Lipinski definition) is 1. The quantitative estimate of drug-likeness (QED) is 0.785. The van der Waals surface area contributed by atoms with Gasteiger partial charge in [-0.1, -0.05) is 49.7 Å². The molecule has 1 N–H and O–H groups in total. The molecule has 1 aliphatic rings. The van der Waals surface area contributed by atoms with Crippen molar-refractivity contribution >= 4 is 11.8 Å². The minimum absolute atomic E-state index is 0.0546. The molecule has 0 aromatic heterocycles. The molecule has 1 heterocycles. The third kappa shape index (κ3) is 5.02. The van der Waals surface area contributed by atoms with Crippen LogP contribution in [-0.4, -0.2) is 35.9 Å². The molecule has 1 aliphatic heterocycles. The fourth-order valence-electron chi connectivity index (χ4n) is 3.82. The molecule has 0 aliphatic carbocycles. The molecule has 2 aromatic rings. The molecule has 2 atom stereocenters. The summed E-state index contributed by atoms with van der Waals surface area (Å²) in [6.45, 7) is 10.9. The number of hydrogen-bond acceptors (Lipinski definition) is 3. The van der Waals surface area contributed by atoms with Crippen LogP contribution in [0.3, 0.4) is 0 Å². The largest absolute Gasteiger partial charge is 0.481 e. The van der Waals surface area contributed by atoms with E-state index in [9.17, 15) is 9.59 Å². The smallest absolute Gasteiger partial charge is 0.260 e. The van der Waals surface area contributed by atoms with Crippen molar-refractivity contribution in [1.82, 2.24) is 10.2 Å². The number of carbonyl (C=O) groups excluding carboxylic acids is 2. The van der Waals surface area contributed by atoms with E-state index in [0.717, 1.165) is 17.5 Å². The molecule has 2 unspecified atom stereocenters. The first-order valence-corrected chi connectivity index (χ1v) is 10.7. The average molecular weight is 409 g/mol. The Morgan fingerprint density at radius 2 is 1.83 bits per heavy atom. The van der Waals surface area contributed by atoms with Crippen LogP contribution in [0.15, 0.2) is 42.5 Å². The summed E-state index contributed by atoms with van der Waals surface area (Å²) in [5.41, 5.74) is 4.54. The molecule has 0 radical (unpaired) electrons. The molecule has 0 bridgehead atoms. The van der Waals surface area contributed by atoms with E-state index in [1.165, 1.54) is 11.1 Å². The lowest BCUT2D eigenvalue weighted by atomic mass is 9.87. The van der Waals surface area contributed by atoms with Gasteiger partial charge in [-0.3, -0.25) is 9.59 Å². The maximum Gasteiger partial charge on any atom is 0.260 e. The van der Waals surface area contributed by atoms with Gasteiger partial charge in [0.1, 0.15) is 5.75 Å². The molecule has 0 saturated heterocycles. The second kappa shape index (κ2) is 9.33. The Morgan fingerprint density at radius 3 is 2.47 bits per heavy atom. The molecule has 2 amide bonds. The van der Waals surface area contributed by atoms with E-state index in [0.29, 0.717) is 24.8 Å². The van der Waals surface area contributed by atoms with Gasteiger partial charge in [0, 0.05) is 20.0 Å². The van der Waals surface area contributed by atoms with Gasteiger partial charge in [-0.25, -0.2) is 0 Å². The molecular formula is C25H32N2O3. The Kier molecular flexibility index (Phi) is 6.80. The van der Waals surface area contributed by atoms with Crippen molar-refractivity contribution < 1.29 is 14.3 Å². The lowest BCUT2D eigenvalue weighted by Crippen LogP contribution is -2.39. The molecule has 2 aromatic carbocycles. The first kappa shape index (κ1) is 21.9. The van der Waals surface area contributed by atoms with Gasteiger partial charge >= 0.3 is 0 Å². The van der Waals surface area contributed by atoms with E-state index in [1.807, 2.05) is 17.0 Å². The van der Waals surface area contributed by atoms with Gasteiger partial charge in [0.25, 0.3) is 5.91 Å². The van der Waals surface area contributed by atoms with E-state index >= 15 is 0 Å². The van der Waals surface area contributed by atoms with Crippen molar-refractivity contribution in [2.45, 2.75) is 53.2 Å². The zero-order valence-corrected chi connectivity index (χ0v) is 18.6. The van der Waals surface area contributed by atoms with Crippen molar-refractivity contribution in [2.24, 2.45) is 5.92 Å². The Bertz CT molecular complexity index is 905. The number of benzene rings is 2. The first-order valence-electron chi connectivity index (χ1n) is 10.7. The van der Waals surface area contributed by atoms with E-state index in [1.54, 1.807) is 13.8 Å². The number of amides is 2. The molecule has 5 heteroatoms. The van der Waals surface area contributed by atoms with Gasteiger partial charge < -0.3 is 15.0 Å². The number of ether oxygens (including phenoxy) is 1. The van der Waals surface area contributed by atoms with Crippen LogP contribution < -0.4 is 10.1 Å². The third-order valence-corrected chi connectivity index (χ3v) is 5.51. The highest BCUT2D eigenvalue weighted by atomic mass is 16.5. The zero-order valence-electron chi connectivity index (χ0n) is 18.6. The lowest BCUT2D eigenvalue weighted by Gasteiger charge is -2.37. The summed E-state index contributed by atoms with van der Waals surface area (Å²) in [6.07, 6.45) is 0.217. The summed E-state index contributed by atoms with van der Waals surface area (Å²) in [5.74, 6) is 0.960. The van der Waals surface area contributed by atoms with Crippen LogP contribution in [0.4, 0.5) is 0 Å². The maximum atomic E-state index is 12.4. The van der Waals surface area contributed by atoms with Crippen molar-refractivity contribution in [3.63, 3.8) is 0 Å². The fourth-order valence-corrected chi connectivity index (χ4v) is 3.82. The summed E-state index contributed by atoms with van der Waals surface area (Å²) in [6, 6.07) is 14.1. The Balaban J connectivity index is 1.89. The lowest BCUT2D eigenvalue weighted by molar-refractivity contribution is -0.130. The van der Waals surface area contributed by atoms with Crippen LogP contribution in [-0.2, 0) is 16.0 Å². The second-order valence-corrected chi connectivity index (χ2v) is 8.54. The minimum Gasteiger partial charge on any atom is -0.481 e. The highest BCUT2D eigenvalue weighted by Crippen LogP contribution is 2.37. The van der Waals surface area contributed by atoms with Crippen LogP contribution >= 0.6 is 0 Å². The average Bonchev–Trinajstić information content (AvgIpc) is 2.71. The van der Waals surface area contributed by atoms with Crippen LogP contribution in [0.1, 0.15) is 56.0 Å². The number of rotatable bonds is 6. The fraction of sp³-hybridized carbons (Fsp3) is 0.440. The number of carbonyl (C=O) groups is 2. The van der Waals surface area contributed by atoms with Crippen LogP contribution in [0.2, 0.25) is 0 Å². The summed E-state index contributed by atoms with van der Waals surface area (Å²) < 4.78 is 5.96. The van der Waals surface area contributed by atoms with E-state index in [4.69, 9.17) is 4.74 Å². The SMILES string of the molecule is CC(=O)N1CCc2ccc(OC(C)C(=O)NCC(C)C)cc2C1c1ccc(C)cc1. The van der Waals surface area contributed by atoms with Gasteiger partial charge in [-0.15, -0.1) is 0 Å². The van der Waals surface area contributed by atoms with Crippen LogP contribution in [0.5, 0.6) is 5.75 Å². The van der Waals surface area contributed by atoms with Crippen molar-refractivity contribution in [3.05, 3.63) is 64.7 Å². The van der Waals surface area contributed by atoms with E-state index < -0.39 is 6.10 Å². The molecule has 0 spiro atoms. The summed E-state index contributed by atoms with van der Waals surface area (Å²) in [4.78, 5) is 26.6. The predicted molar refractivity (Wildman–Crippen MR) is 118 cm³/mol. The monoisotopic (exact) mass is 408 g/mol. The summed E-state index contributed by atoms with van der Waals surface area (Å²) >= 11 is 0. The first-order chi connectivity index (χ1) is 14.3. The summed E-state index contributed by atoms with van der Waals surface area (Å²) in [7, 11) is 0. The molecule has 3 rings (SSSR count). The normalized spacial score (nSPS) is 16.7. The van der Waals surface area contributed by atoms with Crippen molar-refractivity contribution in [2.75, 3.05) is 13.1 Å². The number of nitrogens with zero attached hydrogens (tertiary/aromatic N) is 1. The number of aryl methyl sites for hydroxylation is 1. The van der Waals surface area contributed by atoms with Gasteiger partial charge in [-0.05, 0) is 55.0 Å². The molecule has 160 valence electrons. The van der Waals surface area contributed by atoms with Crippen molar-refractivity contribution in [1.29, 1.82) is 0 Å². The van der Waals surface area contributed by atoms with Gasteiger partial charge in [0.15, 0.2) is 6.10 Å². The van der Waals surface area contributed by atoms with Crippen molar-refractivity contribution in [3.8, 4) is 5.75 Å². The Labute approximate surface area is 179 Å². The second-order valence-electron chi connectivity index (χ2n) is 8.54. The Morgan fingerprint density at radius 1 is 1.13 bits per heavy atom. The number of nitrogens with one attached hydrogen (secondary N) is 1. The van der Waals surface area contributed by atoms with E-state index in [-0.39, 0.29) is 17.9 Å². The van der Waals surface area contributed by atoms with Gasteiger partial charge in [0.05, 0.1) is 6.04 Å². The molecule has 0 saturated carbocycles. The zero-order chi connectivity index (χ0) is 21.8. The highest BCUT2D eigenvalue weighted by molar-refractivity contribution is 5.80. The topological polar surface area (TPSA) is 58.6 Å². The van der Waals surface area contributed by atoms with Gasteiger partial charge in [-0.2, -0.15) is 0 Å². The molecule has 30 heavy (non-hydrogen) atoms. The highest BCUT2D eigenvalue weighted by Gasteiger charge is 2.31. The Hall–Kier alpha value is -2.82. The summed E-state index contributed by atoms with van der Waals surface area (Å²) in [5, 5.41) is 2.91. The standard InChI is InChI=1S/C25H32N2O3/c1-16(2)15-26-25(29)18(4)30-22-11-10-20-12-13-27(19(5)28)24(23(20)14-22)21-8-6-17(3)7-9-21/h6-11,14,16,18,24H,12-13,15H2,1-5H3,(H,26,29). The molecule has 5 nitrogen and oxygen atoms in total. The minimum atomic E-state index is -0.591. The number of fused-ring (bicyclic) bond motifs is 1. The van der Waals surface area contributed by atoms with E-state index in [2.05, 4.69) is 56.4 Å². The van der Waals surface area contributed by atoms with Crippen LogP contribution in [0.25, 0.3) is 0 Å². The van der Waals surface area contributed by atoms with Crippen LogP contribution in [0, 0.1) is 12.8 Å². The predicted octanol–water partition coefficient (Wildman–Crippen LogP) is 4.03. The molecule has 0 fully saturated rings. The van der Waals surface area contributed by atoms with Gasteiger partial charge in [0.2, 0.25) is 5.91 Å². The molecular weight excluding hydrogens is 376 g/mol. The maximum absolute atomic E-state index is 12.4.